The molecular weight excluding hydrogens is 524 g/mol. The van der Waals surface area contributed by atoms with Gasteiger partial charge in [0.15, 0.2) is 5.75 Å². The van der Waals surface area contributed by atoms with Crippen LogP contribution in [0, 0.1) is 0 Å². The summed E-state index contributed by atoms with van der Waals surface area (Å²) in [6.45, 7) is 0. The highest BCUT2D eigenvalue weighted by atomic mass is 16.5. The van der Waals surface area contributed by atoms with Gasteiger partial charge in [-0.05, 0) is 71.6 Å². The Bertz CT molecular complexity index is 1960. The van der Waals surface area contributed by atoms with Crippen LogP contribution in [0.15, 0.2) is 170 Å². The maximum Gasteiger partial charge on any atom is 0.159 e. The predicted molar refractivity (Wildman–Crippen MR) is 179 cm³/mol. The molecule has 8 rings (SSSR count). The molecule has 0 radical (unpaired) electrons. The van der Waals surface area contributed by atoms with Crippen molar-refractivity contribution in [2.24, 2.45) is 0 Å². The largest absolute Gasteiger partial charge is 0.454 e. The first kappa shape index (κ1) is 25.0. The molecule has 43 heavy (non-hydrogen) atoms. The van der Waals surface area contributed by atoms with Crippen molar-refractivity contribution in [3.8, 4) is 22.6 Å². The average molecular weight is 553 g/mol. The Morgan fingerprint density at radius 2 is 0.860 bits per heavy atom. The number of ether oxygens (including phenoxy) is 1. The molecule has 1 heterocycles. The lowest BCUT2D eigenvalue weighted by molar-refractivity contribution is 0.488. The minimum absolute atomic E-state index is 0.846. The van der Waals surface area contributed by atoms with E-state index in [0.717, 1.165) is 62.0 Å². The van der Waals surface area contributed by atoms with Crippen molar-refractivity contribution in [3.63, 3.8) is 0 Å². The topological polar surface area (TPSA) is 15.7 Å². The summed E-state index contributed by atoms with van der Waals surface area (Å²) in [7, 11) is 0. The van der Waals surface area contributed by atoms with Gasteiger partial charge < -0.3 is 14.5 Å². The summed E-state index contributed by atoms with van der Waals surface area (Å²) >= 11 is 0. The van der Waals surface area contributed by atoms with Crippen LogP contribution in [0.2, 0.25) is 0 Å². The Morgan fingerprint density at radius 1 is 0.372 bits per heavy atom. The molecule has 0 bridgehead atoms. The molecule has 1 aliphatic rings. The molecule has 0 saturated carbocycles. The lowest BCUT2D eigenvalue weighted by Gasteiger charge is -2.31. The van der Waals surface area contributed by atoms with E-state index in [2.05, 4.69) is 168 Å². The van der Waals surface area contributed by atoms with E-state index in [1.165, 1.54) is 5.56 Å². The van der Waals surface area contributed by atoms with Crippen molar-refractivity contribution in [1.29, 1.82) is 0 Å². The van der Waals surface area contributed by atoms with E-state index in [1.54, 1.807) is 0 Å². The van der Waals surface area contributed by atoms with Crippen LogP contribution in [0.5, 0.6) is 11.5 Å². The third-order valence-corrected chi connectivity index (χ3v) is 7.98. The number of benzene rings is 7. The van der Waals surface area contributed by atoms with Gasteiger partial charge in [-0.2, -0.15) is 0 Å². The molecule has 0 atom stereocenters. The Hall–Kier alpha value is -5.80. The van der Waals surface area contributed by atoms with Crippen LogP contribution < -0.4 is 14.5 Å². The van der Waals surface area contributed by atoms with Crippen molar-refractivity contribution in [2.75, 3.05) is 9.80 Å². The van der Waals surface area contributed by atoms with E-state index in [-0.39, 0.29) is 0 Å². The van der Waals surface area contributed by atoms with Gasteiger partial charge in [0.2, 0.25) is 0 Å². The average Bonchev–Trinajstić information content (AvgIpc) is 3.07. The van der Waals surface area contributed by atoms with Crippen molar-refractivity contribution in [1.82, 2.24) is 0 Å². The molecule has 0 amide bonds. The second-order valence-electron chi connectivity index (χ2n) is 10.6. The Labute approximate surface area is 251 Å². The molecule has 0 unspecified atom stereocenters. The monoisotopic (exact) mass is 552 g/mol. The molecule has 204 valence electrons. The molecule has 0 saturated heterocycles. The van der Waals surface area contributed by atoms with Crippen molar-refractivity contribution < 1.29 is 4.74 Å². The number of anilines is 6. The van der Waals surface area contributed by atoms with E-state index in [9.17, 15) is 0 Å². The molecule has 3 heteroatoms. The molecule has 0 spiro atoms. The first-order chi connectivity index (χ1) is 21.3. The summed E-state index contributed by atoms with van der Waals surface area (Å²) in [6, 6.07) is 59.4. The minimum Gasteiger partial charge on any atom is -0.454 e. The zero-order valence-electron chi connectivity index (χ0n) is 23.5. The maximum atomic E-state index is 7.00. The van der Waals surface area contributed by atoms with Gasteiger partial charge in [0, 0.05) is 39.8 Å². The van der Waals surface area contributed by atoms with E-state index in [0.29, 0.717) is 0 Å². The molecule has 0 N–H and O–H groups in total. The van der Waals surface area contributed by atoms with E-state index >= 15 is 0 Å². The number of hydrogen-bond donors (Lipinski definition) is 0. The molecule has 0 aromatic heterocycles. The van der Waals surface area contributed by atoms with Gasteiger partial charge in [-0.1, -0.05) is 103 Å². The van der Waals surface area contributed by atoms with Crippen molar-refractivity contribution in [2.45, 2.75) is 0 Å². The van der Waals surface area contributed by atoms with E-state index in [4.69, 9.17) is 4.74 Å². The van der Waals surface area contributed by atoms with Gasteiger partial charge in [-0.25, -0.2) is 0 Å². The molecule has 1 aliphatic heterocycles. The quantitative estimate of drug-likeness (QED) is 0.204. The third-order valence-electron chi connectivity index (χ3n) is 7.98. The van der Waals surface area contributed by atoms with E-state index < -0.39 is 0 Å². The highest BCUT2D eigenvalue weighted by molar-refractivity contribution is 6.07. The highest BCUT2D eigenvalue weighted by Gasteiger charge is 2.27. The van der Waals surface area contributed by atoms with Gasteiger partial charge in [0.25, 0.3) is 0 Å². The number of para-hydroxylation sites is 5. The molecule has 7 aromatic carbocycles. The third kappa shape index (κ3) is 4.39. The molecule has 0 fully saturated rings. The second-order valence-corrected chi connectivity index (χ2v) is 10.6. The van der Waals surface area contributed by atoms with Crippen LogP contribution in [-0.2, 0) is 0 Å². The summed E-state index contributed by atoms with van der Waals surface area (Å²) in [6.07, 6.45) is 0. The number of fused-ring (bicyclic) bond motifs is 2. The van der Waals surface area contributed by atoms with Gasteiger partial charge in [-0.15, -0.1) is 0 Å². The lowest BCUT2D eigenvalue weighted by atomic mass is 9.93. The van der Waals surface area contributed by atoms with Gasteiger partial charge in [0.1, 0.15) is 5.75 Å². The zero-order chi connectivity index (χ0) is 28.6. The second kappa shape index (κ2) is 10.6. The van der Waals surface area contributed by atoms with Gasteiger partial charge in [0.05, 0.1) is 11.4 Å². The van der Waals surface area contributed by atoms with Crippen LogP contribution in [0.4, 0.5) is 34.1 Å². The summed E-state index contributed by atoms with van der Waals surface area (Å²) in [5.41, 5.74) is 8.62. The minimum atomic E-state index is 0.846. The summed E-state index contributed by atoms with van der Waals surface area (Å²) in [5, 5.41) is 2.27. The maximum absolute atomic E-state index is 7.00. The summed E-state index contributed by atoms with van der Waals surface area (Å²) < 4.78 is 7.00. The van der Waals surface area contributed by atoms with Crippen LogP contribution >= 0.6 is 0 Å². The fourth-order valence-corrected chi connectivity index (χ4v) is 6.12. The smallest absolute Gasteiger partial charge is 0.159 e. The lowest BCUT2D eigenvalue weighted by Crippen LogP contribution is -2.13. The first-order valence-corrected chi connectivity index (χ1v) is 14.5. The Morgan fingerprint density at radius 3 is 1.42 bits per heavy atom. The molecular formula is C40H28N2O. The van der Waals surface area contributed by atoms with Crippen molar-refractivity contribution in [3.05, 3.63) is 170 Å². The summed E-state index contributed by atoms with van der Waals surface area (Å²) in [4.78, 5) is 4.56. The first-order valence-electron chi connectivity index (χ1n) is 14.5. The van der Waals surface area contributed by atoms with Crippen LogP contribution in [0.25, 0.3) is 21.9 Å². The highest BCUT2D eigenvalue weighted by Crippen LogP contribution is 2.54. The standard InChI is InChI=1S/C40H28N2O/c1-5-16-30(17-6-1)41(31-18-7-2-8-19-31)34-27-29-15-13-24-35-36-25-14-26-37(40(36)43-38(28-34)39(29)35)42(32-20-9-3-10-21-32)33-22-11-4-12-23-33/h1-28H. The van der Waals surface area contributed by atoms with Gasteiger partial charge >= 0.3 is 0 Å². The van der Waals surface area contributed by atoms with Crippen LogP contribution in [0.3, 0.4) is 0 Å². The fraction of sp³-hybridized carbons (Fsp3) is 0. The molecule has 0 aliphatic carbocycles. The van der Waals surface area contributed by atoms with E-state index in [1.807, 2.05) is 12.1 Å². The normalized spacial score (nSPS) is 11.4. The number of rotatable bonds is 6. The summed E-state index contributed by atoms with van der Waals surface area (Å²) in [5.74, 6) is 1.69. The number of nitrogens with zero attached hydrogens (tertiary/aromatic N) is 2. The Balaban J connectivity index is 1.34. The van der Waals surface area contributed by atoms with Crippen LogP contribution in [-0.4, -0.2) is 0 Å². The van der Waals surface area contributed by atoms with Gasteiger partial charge in [-0.3, -0.25) is 0 Å². The fourth-order valence-electron chi connectivity index (χ4n) is 6.12. The van der Waals surface area contributed by atoms with Crippen molar-refractivity contribution >= 4 is 44.9 Å². The van der Waals surface area contributed by atoms with Crippen LogP contribution in [0.1, 0.15) is 0 Å². The number of hydrogen-bond acceptors (Lipinski definition) is 3. The molecule has 3 nitrogen and oxygen atoms in total. The zero-order valence-corrected chi connectivity index (χ0v) is 23.5. The Kier molecular flexibility index (Phi) is 6.12. The SMILES string of the molecule is c1ccc(N(c2ccccc2)c2cc3c4c(cccc4c2)-c2cccc(N(c4ccccc4)c4ccccc4)c2O3)cc1. The molecule has 7 aromatic rings. The predicted octanol–water partition coefficient (Wildman–Crippen LogP) is 11.6.